The number of thiophene rings is 1. The van der Waals surface area contributed by atoms with Crippen LogP contribution in [0.5, 0.6) is 0 Å². The van der Waals surface area contributed by atoms with Gasteiger partial charge in [-0.1, -0.05) is 30.3 Å². The molecule has 0 saturated carbocycles. The van der Waals surface area contributed by atoms with Crippen LogP contribution in [0.15, 0.2) is 84.1 Å². The van der Waals surface area contributed by atoms with E-state index in [2.05, 4.69) is 40.4 Å². The van der Waals surface area contributed by atoms with Crippen LogP contribution in [0.3, 0.4) is 0 Å². The number of halogens is 1. The topological polar surface area (TPSA) is 128 Å². The molecular weight excluding hydrogens is 515 g/mol. The van der Waals surface area contributed by atoms with Crippen molar-refractivity contribution in [1.82, 2.24) is 35.1 Å². The van der Waals surface area contributed by atoms with Crippen molar-refractivity contribution in [2.24, 2.45) is 0 Å². The van der Waals surface area contributed by atoms with Gasteiger partial charge in [-0.15, -0.1) is 0 Å². The first-order valence-corrected chi connectivity index (χ1v) is 12.9. The van der Waals surface area contributed by atoms with E-state index in [1.165, 1.54) is 12.4 Å². The van der Waals surface area contributed by atoms with Gasteiger partial charge in [0, 0.05) is 29.1 Å². The molecule has 0 spiro atoms. The van der Waals surface area contributed by atoms with Gasteiger partial charge in [0.2, 0.25) is 0 Å². The van der Waals surface area contributed by atoms with Crippen molar-refractivity contribution in [1.29, 1.82) is 0 Å². The van der Waals surface area contributed by atoms with Crippen LogP contribution in [0.2, 0.25) is 0 Å². The summed E-state index contributed by atoms with van der Waals surface area (Å²) in [6.07, 6.45) is 5.36. The van der Waals surface area contributed by atoms with E-state index in [1.54, 1.807) is 41.9 Å². The number of nitrogens with one attached hydrogen (secondary N) is 3. The number of imidazole rings is 1. The van der Waals surface area contributed by atoms with Gasteiger partial charge in [-0.05, 0) is 34.5 Å². The largest absolute Gasteiger partial charge is 0.369 e. The maximum Gasteiger partial charge on any atom is 0.178 e. The molecular formula is C28H19FN8OS. The van der Waals surface area contributed by atoms with Crippen LogP contribution in [0.1, 0.15) is 11.8 Å². The van der Waals surface area contributed by atoms with E-state index in [1.807, 2.05) is 41.1 Å². The van der Waals surface area contributed by atoms with E-state index >= 15 is 4.39 Å². The summed E-state index contributed by atoms with van der Waals surface area (Å²) < 4.78 is 16.1. The number of aliphatic hydroxyl groups excluding tert-OH is 1. The molecule has 11 heteroatoms. The first-order valence-electron chi connectivity index (χ1n) is 12.0. The Labute approximate surface area is 224 Å². The lowest BCUT2D eigenvalue weighted by molar-refractivity contribution is 0.208. The molecule has 1 atom stereocenters. The molecule has 6 aromatic heterocycles. The minimum Gasteiger partial charge on any atom is -0.369 e. The molecule has 6 heterocycles. The average molecular weight is 535 g/mol. The number of anilines is 1. The summed E-state index contributed by atoms with van der Waals surface area (Å²) in [6, 6.07) is 14.8. The zero-order valence-electron chi connectivity index (χ0n) is 20.1. The number of aromatic amines is 2. The number of H-pyrrole nitrogens is 2. The molecule has 0 aliphatic rings. The van der Waals surface area contributed by atoms with Gasteiger partial charge in [-0.25, -0.2) is 14.4 Å². The van der Waals surface area contributed by atoms with Crippen molar-refractivity contribution in [2.75, 3.05) is 5.32 Å². The van der Waals surface area contributed by atoms with E-state index in [0.29, 0.717) is 39.5 Å². The third kappa shape index (κ3) is 4.10. The summed E-state index contributed by atoms with van der Waals surface area (Å²) >= 11 is 1.60. The van der Waals surface area contributed by atoms with Gasteiger partial charge in [0.1, 0.15) is 11.4 Å². The normalized spacial score (nSPS) is 12.3. The highest BCUT2D eigenvalue weighted by Crippen LogP contribution is 2.34. The summed E-state index contributed by atoms with van der Waals surface area (Å²) in [7, 11) is 0. The number of aliphatic hydroxyl groups is 1. The zero-order valence-corrected chi connectivity index (χ0v) is 20.9. The second-order valence-corrected chi connectivity index (χ2v) is 9.64. The smallest absolute Gasteiger partial charge is 0.178 e. The van der Waals surface area contributed by atoms with Crippen LogP contribution < -0.4 is 5.32 Å². The molecule has 0 radical (unpaired) electrons. The summed E-state index contributed by atoms with van der Waals surface area (Å²) in [6.45, 7) is 0. The summed E-state index contributed by atoms with van der Waals surface area (Å²) in [5, 5.41) is 25.1. The van der Waals surface area contributed by atoms with Crippen LogP contribution in [-0.2, 0) is 0 Å². The number of pyridine rings is 3. The Kier molecular flexibility index (Phi) is 5.57. The Morgan fingerprint density at radius 3 is 2.72 bits per heavy atom. The summed E-state index contributed by atoms with van der Waals surface area (Å²) in [4.78, 5) is 20.9. The Morgan fingerprint density at radius 1 is 0.974 bits per heavy atom. The van der Waals surface area contributed by atoms with Crippen LogP contribution in [-0.4, -0.2) is 40.2 Å². The van der Waals surface area contributed by atoms with E-state index in [0.717, 1.165) is 16.6 Å². The Bertz CT molecular complexity index is 1930. The number of nitrogens with zero attached hydrogens (tertiary/aromatic N) is 5. The number of rotatable bonds is 6. The van der Waals surface area contributed by atoms with Crippen molar-refractivity contribution in [3.05, 3.63) is 95.5 Å². The monoisotopic (exact) mass is 534 g/mol. The molecule has 0 aliphatic heterocycles. The highest BCUT2D eigenvalue weighted by Gasteiger charge is 2.22. The van der Waals surface area contributed by atoms with Crippen LogP contribution in [0.4, 0.5) is 10.1 Å². The molecule has 1 unspecified atom stereocenters. The second kappa shape index (κ2) is 9.39. The maximum atomic E-state index is 16.1. The van der Waals surface area contributed by atoms with Gasteiger partial charge < -0.3 is 15.4 Å². The molecule has 0 amide bonds. The molecule has 39 heavy (non-hydrogen) atoms. The molecule has 0 bridgehead atoms. The average Bonchev–Trinajstić information content (AvgIpc) is 3.73. The first-order chi connectivity index (χ1) is 19.2. The molecule has 1 aromatic carbocycles. The van der Waals surface area contributed by atoms with Gasteiger partial charge in [-0.2, -0.15) is 16.4 Å². The molecule has 0 aliphatic carbocycles. The third-order valence-corrected chi connectivity index (χ3v) is 7.11. The molecule has 0 saturated heterocycles. The fourth-order valence-corrected chi connectivity index (χ4v) is 5.21. The quantitative estimate of drug-likeness (QED) is 0.195. The zero-order chi connectivity index (χ0) is 26.3. The van der Waals surface area contributed by atoms with Crippen LogP contribution in [0, 0.1) is 5.82 Å². The number of benzene rings is 1. The summed E-state index contributed by atoms with van der Waals surface area (Å²) in [5.41, 5.74) is 5.77. The minimum absolute atomic E-state index is 0.101. The minimum atomic E-state index is -0.954. The highest BCUT2D eigenvalue weighted by molar-refractivity contribution is 7.08. The van der Waals surface area contributed by atoms with Crippen molar-refractivity contribution in [3.8, 4) is 33.9 Å². The number of fused-ring (bicyclic) bond motifs is 2. The maximum absolute atomic E-state index is 16.1. The van der Waals surface area contributed by atoms with Crippen molar-refractivity contribution < 1.29 is 9.50 Å². The standard InChI is InChI=1S/C28H19FN8OS/c29-22-21-20(13-32-23(22)17-10-18(12-30-11-17)33-28(38)15-4-2-1-3-5-15)36-37-25(21)27-34-24-19(16-7-9-39-14-16)6-8-31-26(24)35-27/h1-14,28,33,38H,(H,36,37)(H,31,34,35). The fourth-order valence-electron chi connectivity index (χ4n) is 4.55. The van der Waals surface area contributed by atoms with Gasteiger partial charge >= 0.3 is 0 Å². The van der Waals surface area contributed by atoms with E-state index in [-0.39, 0.29) is 11.1 Å². The predicted octanol–water partition coefficient (Wildman–Crippen LogP) is 5.93. The van der Waals surface area contributed by atoms with Crippen LogP contribution >= 0.6 is 11.3 Å². The lowest BCUT2D eigenvalue weighted by Crippen LogP contribution is -2.09. The van der Waals surface area contributed by atoms with Crippen molar-refractivity contribution in [3.63, 3.8) is 0 Å². The molecule has 4 N–H and O–H groups in total. The van der Waals surface area contributed by atoms with Crippen LogP contribution in [0.25, 0.3) is 56.0 Å². The fraction of sp³-hybridized carbons (Fsp3) is 0.0357. The summed E-state index contributed by atoms with van der Waals surface area (Å²) in [5.74, 6) is -0.174. The second-order valence-electron chi connectivity index (χ2n) is 8.86. The number of hydrogen-bond donors (Lipinski definition) is 4. The van der Waals surface area contributed by atoms with E-state index in [9.17, 15) is 5.11 Å². The van der Waals surface area contributed by atoms with Crippen molar-refractivity contribution in [2.45, 2.75) is 6.23 Å². The van der Waals surface area contributed by atoms with Gasteiger partial charge in [-0.3, -0.25) is 15.1 Å². The van der Waals surface area contributed by atoms with Gasteiger partial charge in [0.05, 0.1) is 34.5 Å². The molecule has 7 aromatic rings. The van der Waals surface area contributed by atoms with Gasteiger partial charge in [0.25, 0.3) is 0 Å². The Hall–Kier alpha value is -5.00. The van der Waals surface area contributed by atoms with Gasteiger partial charge in [0.15, 0.2) is 23.5 Å². The van der Waals surface area contributed by atoms with Crippen molar-refractivity contribution >= 4 is 39.1 Å². The SMILES string of the molecule is OC(Nc1cncc(-c2ncc3[nH]nc(-c4nc5nccc(-c6ccsc6)c5[nH]4)c3c2F)c1)c1ccccc1. The lowest BCUT2D eigenvalue weighted by atomic mass is 10.1. The number of hydrogen-bond acceptors (Lipinski definition) is 8. The molecule has 0 fully saturated rings. The van der Waals surface area contributed by atoms with E-state index < -0.39 is 12.0 Å². The Balaban J connectivity index is 1.28. The molecule has 9 nitrogen and oxygen atoms in total. The third-order valence-electron chi connectivity index (χ3n) is 6.42. The highest BCUT2D eigenvalue weighted by atomic mass is 32.1. The van der Waals surface area contributed by atoms with E-state index in [4.69, 9.17) is 0 Å². The first kappa shape index (κ1) is 23.1. The predicted molar refractivity (Wildman–Crippen MR) is 148 cm³/mol. The lowest BCUT2D eigenvalue weighted by Gasteiger charge is -2.15. The molecule has 190 valence electrons. The molecule has 7 rings (SSSR count). The Morgan fingerprint density at radius 2 is 1.87 bits per heavy atom. The number of aromatic nitrogens is 7.